The zero-order valence-corrected chi connectivity index (χ0v) is 18.9. The first kappa shape index (κ1) is 22.3. The largest absolute Gasteiger partial charge is 0.497 e. The fourth-order valence-electron chi connectivity index (χ4n) is 4.56. The van der Waals surface area contributed by atoms with Crippen molar-refractivity contribution in [3.05, 3.63) is 57.6 Å². The molecule has 2 aromatic heterocycles. The van der Waals surface area contributed by atoms with E-state index in [4.69, 9.17) is 4.74 Å². The number of nitriles is 1. The van der Waals surface area contributed by atoms with Gasteiger partial charge >= 0.3 is 6.18 Å². The first-order valence-corrected chi connectivity index (χ1v) is 11.5. The van der Waals surface area contributed by atoms with Crippen LogP contribution in [0.3, 0.4) is 0 Å². The third kappa shape index (κ3) is 3.77. The number of nitrogens with one attached hydrogen (secondary N) is 2. The van der Waals surface area contributed by atoms with Crippen molar-refractivity contribution in [1.82, 2.24) is 9.78 Å². The number of hydrogen-bond donors (Lipinski definition) is 2. The highest BCUT2D eigenvalue weighted by molar-refractivity contribution is 7.16. The molecule has 3 aromatic rings. The van der Waals surface area contributed by atoms with Crippen molar-refractivity contribution in [3.8, 4) is 11.8 Å². The molecule has 0 saturated heterocycles. The minimum Gasteiger partial charge on any atom is -0.497 e. The van der Waals surface area contributed by atoms with Gasteiger partial charge in [0.05, 0.1) is 24.9 Å². The van der Waals surface area contributed by atoms with Crippen molar-refractivity contribution in [1.29, 1.82) is 5.26 Å². The van der Waals surface area contributed by atoms with Gasteiger partial charge in [0, 0.05) is 11.3 Å². The lowest BCUT2D eigenvalue weighted by atomic mass is 9.96. The third-order valence-electron chi connectivity index (χ3n) is 6.26. The van der Waals surface area contributed by atoms with Crippen LogP contribution in [0.15, 0.2) is 30.5 Å². The fraction of sp³-hybridized carbons (Fsp3) is 0.348. The number of amides is 1. The fourth-order valence-corrected chi connectivity index (χ4v) is 5.80. The van der Waals surface area contributed by atoms with Gasteiger partial charge in [-0.15, -0.1) is 11.3 Å². The number of rotatable bonds is 4. The lowest BCUT2D eigenvalue weighted by Crippen LogP contribution is -2.36. The Morgan fingerprint density at radius 2 is 2.09 bits per heavy atom. The molecule has 2 N–H and O–H groups in total. The summed E-state index contributed by atoms with van der Waals surface area (Å²) in [4.78, 5) is 14.2. The molecule has 1 aliphatic heterocycles. The van der Waals surface area contributed by atoms with Crippen molar-refractivity contribution >= 4 is 28.1 Å². The highest BCUT2D eigenvalue weighted by Crippen LogP contribution is 2.45. The number of carbonyl (C=O) groups excluding carboxylic acids is 1. The number of aryl methyl sites for hydroxylation is 1. The van der Waals surface area contributed by atoms with E-state index in [0.29, 0.717) is 21.9 Å². The number of benzene rings is 1. The molecule has 7 nitrogen and oxygen atoms in total. The number of fused-ring (bicyclic) bond motifs is 2. The molecular formula is C23H20F3N5O2S. The van der Waals surface area contributed by atoms with Gasteiger partial charge in [-0.25, -0.2) is 4.68 Å². The van der Waals surface area contributed by atoms with Crippen LogP contribution in [0.25, 0.3) is 0 Å². The van der Waals surface area contributed by atoms with E-state index in [1.165, 1.54) is 18.4 Å². The first-order chi connectivity index (χ1) is 16.3. The molecule has 1 amide bonds. The lowest BCUT2D eigenvalue weighted by Gasteiger charge is -2.34. The normalized spacial score (nSPS) is 19.0. The van der Waals surface area contributed by atoms with Crippen molar-refractivity contribution < 1.29 is 22.7 Å². The van der Waals surface area contributed by atoms with E-state index < -0.39 is 24.2 Å². The standard InChI is InChI=1S/C23H20F3N5O2S/c1-33-13-7-5-12(6-8-13)17-9-19(23(24,25)26)31-20(29-17)16(11-28-31)21(32)30-22-15(10-27)14-3-2-4-18(14)34-22/h5-8,11,17,19,29H,2-4,9H2,1H3,(H,30,32)/t17-,19-/m1/s1. The van der Waals surface area contributed by atoms with Crippen LogP contribution >= 0.6 is 11.3 Å². The monoisotopic (exact) mass is 487 g/mol. The van der Waals surface area contributed by atoms with Gasteiger partial charge in [0.15, 0.2) is 6.04 Å². The van der Waals surface area contributed by atoms with E-state index in [1.54, 1.807) is 24.3 Å². The first-order valence-electron chi connectivity index (χ1n) is 10.7. The average Bonchev–Trinajstić information content (AvgIpc) is 3.52. The molecule has 176 valence electrons. The molecule has 2 atom stereocenters. The summed E-state index contributed by atoms with van der Waals surface area (Å²) in [5.41, 5.74) is 2.01. The lowest BCUT2D eigenvalue weighted by molar-refractivity contribution is -0.173. The Balaban J connectivity index is 1.48. The van der Waals surface area contributed by atoms with E-state index >= 15 is 0 Å². The Bertz CT molecular complexity index is 1290. The minimum absolute atomic E-state index is 0.00509. The zero-order chi connectivity index (χ0) is 24.0. The van der Waals surface area contributed by atoms with Crippen LogP contribution in [-0.2, 0) is 12.8 Å². The van der Waals surface area contributed by atoms with Crippen LogP contribution in [0.1, 0.15) is 56.9 Å². The predicted molar refractivity (Wildman–Crippen MR) is 120 cm³/mol. The second kappa shape index (κ2) is 8.36. The van der Waals surface area contributed by atoms with Crippen molar-refractivity contribution in [3.63, 3.8) is 0 Å². The van der Waals surface area contributed by atoms with Gasteiger partial charge in [0.1, 0.15) is 28.2 Å². The summed E-state index contributed by atoms with van der Waals surface area (Å²) in [5.74, 6) is -0.0239. The summed E-state index contributed by atoms with van der Waals surface area (Å²) >= 11 is 1.35. The quantitative estimate of drug-likeness (QED) is 0.526. The van der Waals surface area contributed by atoms with E-state index in [2.05, 4.69) is 21.8 Å². The smallest absolute Gasteiger partial charge is 0.410 e. The van der Waals surface area contributed by atoms with Crippen molar-refractivity contribution in [2.75, 3.05) is 17.7 Å². The summed E-state index contributed by atoms with van der Waals surface area (Å²) < 4.78 is 47.8. The number of halogens is 3. The number of anilines is 2. The number of hydrogen-bond acceptors (Lipinski definition) is 6. The maximum absolute atomic E-state index is 13.9. The second-order valence-electron chi connectivity index (χ2n) is 8.24. The molecule has 0 radical (unpaired) electrons. The van der Waals surface area contributed by atoms with Gasteiger partial charge in [-0.1, -0.05) is 12.1 Å². The van der Waals surface area contributed by atoms with E-state index in [9.17, 15) is 23.2 Å². The molecule has 34 heavy (non-hydrogen) atoms. The number of nitrogens with zero attached hydrogens (tertiary/aromatic N) is 3. The molecular weight excluding hydrogens is 467 g/mol. The second-order valence-corrected chi connectivity index (χ2v) is 9.35. The maximum Gasteiger partial charge on any atom is 0.410 e. The van der Waals surface area contributed by atoms with Crippen LogP contribution in [-0.4, -0.2) is 29.0 Å². The zero-order valence-electron chi connectivity index (χ0n) is 18.1. The highest BCUT2D eigenvalue weighted by atomic mass is 32.1. The summed E-state index contributed by atoms with van der Waals surface area (Å²) in [6.07, 6.45) is -1.08. The van der Waals surface area contributed by atoms with E-state index in [0.717, 1.165) is 40.6 Å². The summed E-state index contributed by atoms with van der Waals surface area (Å²) in [6, 6.07) is 6.33. The van der Waals surface area contributed by atoms with Crippen LogP contribution in [0.5, 0.6) is 5.75 Å². The minimum atomic E-state index is -4.55. The molecule has 0 spiro atoms. The van der Waals surface area contributed by atoms with Gasteiger partial charge in [-0.05, 0) is 42.5 Å². The third-order valence-corrected chi connectivity index (χ3v) is 7.47. The molecule has 1 aliphatic carbocycles. The Morgan fingerprint density at radius 1 is 1.32 bits per heavy atom. The number of aromatic nitrogens is 2. The number of ether oxygens (including phenoxy) is 1. The number of carbonyl (C=O) groups is 1. The van der Waals surface area contributed by atoms with Crippen LogP contribution < -0.4 is 15.4 Å². The number of methoxy groups -OCH3 is 1. The summed E-state index contributed by atoms with van der Waals surface area (Å²) in [7, 11) is 1.51. The molecule has 0 fully saturated rings. The van der Waals surface area contributed by atoms with Crippen LogP contribution in [0.2, 0.25) is 0 Å². The van der Waals surface area contributed by atoms with Gasteiger partial charge in [-0.3, -0.25) is 4.79 Å². The highest BCUT2D eigenvalue weighted by Gasteiger charge is 2.47. The number of thiophene rings is 1. The van der Waals surface area contributed by atoms with Gasteiger partial charge in [-0.2, -0.15) is 23.5 Å². The summed E-state index contributed by atoms with van der Waals surface area (Å²) in [5, 5.41) is 19.7. The SMILES string of the molecule is COc1ccc([C@H]2C[C@H](C(F)(F)F)n3ncc(C(=O)Nc4sc5c(c4C#N)CCC5)c3N2)cc1. The Morgan fingerprint density at radius 3 is 2.76 bits per heavy atom. The maximum atomic E-state index is 13.9. The number of alkyl halides is 3. The molecule has 2 aliphatic rings. The topological polar surface area (TPSA) is 92.0 Å². The van der Waals surface area contributed by atoms with Crippen LogP contribution in [0, 0.1) is 11.3 Å². The molecule has 0 saturated carbocycles. The molecule has 1 aromatic carbocycles. The van der Waals surface area contributed by atoms with Gasteiger partial charge in [0.2, 0.25) is 0 Å². The predicted octanol–water partition coefficient (Wildman–Crippen LogP) is 5.23. The molecule has 11 heteroatoms. The summed E-state index contributed by atoms with van der Waals surface area (Å²) in [6.45, 7) is 0. The molecule has 0 unspecified atom stereocenters. The van der Waals surface area contributed by atoms with E-state index in [1.807, 2.05) is 0 Å². The van der Waals surface area contributed by atoms with E-state index in [-0.39, 0.29) is 17.8 Å². The van der Waals surface area contributed by atoms with Crippen LogP contribution in [0.4, 0.5) is 24.0 Å². The van der Waals surface area contributed by atoms with Crippen molar-refractivity contribution in [2.45, 2.75) is 43.9 Å². The van der Waals surface area contributed by atoms with Gasteiger partial charge < -0.3 is 15.4 Å². The molecule has 5 rings (SSSR count). The Hall–Kier alpha value is -3.52. The molecule has 0 bridgehead atoms. The average molecular weight is 488 g/mol. The van der Waals surface area contributed by atoms with Crippen molar-refractivity contribution in [2.24, 2.45) is 0 Å². The molecule has 3 heterocycles. The Labute approximate surface area is 197 Å². The van der Waals surface area contributed by atoms with Gasteiger partial charge in [0.25, 0.3) is 5.91 Å². The Kier molecular flexibility index (Phi) is 5.48.